The van der Waals surface area contributed by atoms with Crippen molar-refractivity contribution in [2.45, 2.75) is 0 Å². The van der Waals surface area contributed by atoms with Crippen LogP contribution in [-0.4, -0.2) is 42.0 Å². The molecule has 3 rings (SSSR count). The SMILES string of the molecule is Nc1cccc(C(=O)N2CCN(c3ncc(Cl)cc3Cl)CC2)c1. The summed E-state index contributed by atoms with van der Waals surface area (Å²) in [5.41, 5.74) is 6.94. The quantitative estimate of drug-likeness (QED) is 0.845. The standard InChI is InChI=1S/C16H16Cl2N4O/c17-12-9-14(18)15(20-10-12)21-4-6-22(7-5-21)16(23)11-2-1-3-13(19)8-11/h1-3,8-10H,4-7,19H2. The number of hydrogen-bond acceptors (Lipinski definition) is 4. The predicted octanol–water partition coefficient (Wildman–Crippen LogP) is 2.93. The van der Waals surface area contributed by atoms with Crippen LogP contribution in [0.5, 0.6) is 0 Å². The summed E-state index contributed by atoms with van der Waals surface area (Å²) >= 11 is 12.1. The smallest absolute Gasteiger partial charge is 0.254 e. The topological polar surface area (TPSA) is 62.5 Å². The summed E-state index contributed by atoms with van der Waals surface area (Å²) < 4.78 is 0. The molecule has 2 heterocycles. The Kier molecular flexibility index (Phi) is 4.59. The van der Waals surface area contributed by atoms with Crippen molar-refractivity contribution in [3.8, 4) is 0 Å². The number of nitrogen functional groups attached to an aromatic ring is 1. The van der Waals surface area contributed by atoms with E-state index in [1.807, 2.05) is 4.90 Å². The van der Waals surface area contributed by atoms with Crippen LogP contribution < -0.4 is 10.6 Å². The van der Waals surface area contributed by atoms with E-state index in [0.717, 1.165) is 0 Å². The minimum Gasteiger partial charge on any atom is -0.399 e. The molecule has 7 heteroatoms. The van der Waals surface area contributed by atoms with Crippen molar-refractivity contribution < 1.29 is 4.79 Å². The number of hydrogen-bond donors (Lipinski definition) is 1. The van der Waals surface area contributed by atoms with E-state index < -0.39 is 0 Å². The van der Waals surface area contributed by atoms with Crippen molar-refractivity contribution in [3.63, 3.8) is 0 Å². The lowest BCUT2D eigenvalue weighted by Gasteiger charge is -2.35. The van der Waals surface area contributed by atoms with Gasteiger partial charge in [0.2, 0.25) is 0 Å². The molecule has 1 aromatic heterocycles. The number of amides is 1. The summed E-state index contributed by atoms with van der Waals surface area (Å²) in [5, 5.41) is 1.03. The van der Waals surface area contributed by atoms with Crippen LogP contribution in [0.25, 0.3) is 0 Å². The number of piperazine rings is 1. The maximum Gasteiger partial charge on any atom is 0.254 e. The van der Waals surface area contributed by atoms with Crippen LogP contribution in [0, 0.1) is 0 Å². The molecule has 1 amide bonds. The van der Waals surface area contributed by atoms with Crippen molar-refractivity contribution in [1.82, 2.24) is 9.88 Å². The summed E-state index contributed by atoms with van der Waals surface area (Å²) in [6.07, 6.45) is 1.58. The number of rotatable bonds is 2. The van der Waals surface area contributed by atoms with E-state index in [0.29, 0.717) is 53.3 Å². The van der Waals surface area contributed by atoms with Crippen LogP contribution in [0.1, 0.15) is 10.4 Å². The highest BCUT2D eigenvalue weighted by Gasteiger charge is 2.24. The molecule has 0 bridgehead atoms. The molecule has 0 atom stereocenters. The number of carbonyl (C=O) groups excluding carboxylic acids is 1. The maximum atomic E-state index is 12.5. The first-order valence-electron chi connectivity index (χ1n) is 7.25. The van der Waals surface area contributed by atoms with Gasteiger partial charge in [0, 0.05) is 43.6 Å². The summed E-state index contributed by atoms with van der Waals surface area (Å²) in [4.78, 5) is 20.7. The molecule has 1 fully saturated rings. The number of carbonyl (C=O) groups is 1. The maximum absolute atomic E-state index is 12.5. The van der Waals surface area contributed by atoms with Gasteiger partial charge in [0.05, 0.1) is 10.0 Å². The molecule has 1 aliphatic heterocycles. The Morgan fingerprint density at radius 2 is 1.87 bits per heavy atom. The largest absolute Gasteiger partial charge is 0.399 e. The van der Waals surface area contributed by atoms with Gasteiger partial charge in [-0.25, -0.2) is 4.98 Å². The highest BCUT2D eigenvalue weighted by molar-refractivity contribution is 6.36. The van der Waals surface area contributed by atoms with Crippen LogP contribution in [0.4, 0.5) is 11.5 Å². The third-order valence-electron chi connectivity index (χ3n) is 3.79. The number of halogens is 2. The van der Waals surface area contributed by atoms with Crippen LogP contribution >= 0.6 is 23.2 Å². The lowest BCUT2D eigenvalue weighted by molar-refractivity contribution is 0.0746. The van der Waals surface area contributed by atoms with Gasteiger partial charge in [-0.15, -0.1) is 0 Å². The summed E-state index contributed by atoms with van der Waals surface area (Å²) in [6, 6.07) is 8.71. The Morgan fingerprint density at radius 1 is 1.13 bits per heavy atom. The van der Waals surface area contributed by atoms with Gasteiger partial charge in [0.25, 0.3) is 5.91 Å². The molecule has 0 spiro atoms. The van der Waals surface area contributed by atoms with Gasteiger partial charge >= 0.3 is 0 Å². The zero-order valence-electron chi connectivity index (χ0n) is 12.4. The van der Waals surface area contributed by atoms with Gasteiger partial charge in [-0.05, 0) is 24.3 Å². The Labute approximate surface area is 144 Å². The van der Waals surface area contributed by atoms with Gasteiger partial charge in [-0.1, -0.05) is 29.3 Å². The van der Waals surface area contributed by atoms with Crippen molar-refractivity contribution in [2.24, 2.45) is 0 Å². The van der Waals surface area contributed by atoms with E-state index in [2.05, 4.69) is 9.88 Å². The van der Waals surface area contributed by atoms with Crippen LogP contribution in [0.15, 0.2) is 36.5 Å². The van der Waals surface area contributed by atoms with Crippen molar-refractivity contribution in [2.75, 3.05) is 36.8 Å². The Balaban J connectivity index is 1.67. The van der Waals surface area contributed by atoms with Crippen molar-refractivity contribution >= 4 is 40.6 Å². The normalized spacial score (nSPS) is 14.9. The summed E-state index contributed by atoms with van der Waals surface area (Å²) in [7, 11) is 0. The average Bonchev–Trinajstić information content (AvgIpc) is 2.54. The minimum atomic E-state index is -0.00730. The van der Waals surface area contributed by atoms with E-state index in [1.165, 1.54) is 0 Å². The minimum absolute atomic E-state index is 0.00730. The second-order valence-electron chi connectivity index (χ2n) is 5.36. The van der Waals surface area contributed by atoms with Crippen LogP contribution in [-0.2, 0) is 0 Å². The molecule has 0 radical (unpaired) electrons. The fraction of sp³-hybridized carbons (Fsp3) is 0.250. The third kappa shape index (κ3) is 3.51. The fourth-order valence-corrected chi connectivity index (χ4v) is 3.12. The molecule has 0 saturated carbocycles. The van der Waals surface area contributed by atoms with E-state index >= 15 is 0 Å². The second kappa shape index (κ2) is 6.64. The number of pyridine rings is 1. The Morgan fingerprint density at radius 3 is 2.52 bits per heavy atom. The van der Waals surface area contributed by atoms with E-state index in [-0.39, 0.29) is 5.91 Å². The molecule has 2 N–H and O–H groups in total. The number of anilines is 2. The van der Waals surface area contributed by atoms with Crippen LogP contribution in [0.2, 0.25) is 10.0 Å². The van der Waals surface area contributed by atoms with E-state index in [4.69, 9.17) is 28.9 Å². The number of nitrogens with two attached hydrogens (primary N) is 1. The number of nitrogens with zero attached hydrogens (tertiary/aromatic N) is 3. The van der Waals surface area contributed by atoms with Crippen molar-refractivity contribution in [3.05, 3.63) is 52.1 Å². The molecule has 5 nitrogen and oxygen atoms in total. The number of aromatic nitrogens is 1. The molecule has 2 aromatic rings. The Hall–Kier alpha value is -1.98. The first-order chi connectivity index (χ1) is 11.0. The second-order valence-corrected chi connectivity index (χ2v) is 6.21. The highest BCUT2D eigenvalue weighted by atomic mass is 35.5. The van der Waals surface area contributed by atoms with E-state index in [1.54, 1.807) is 36.5 Å². The molecule has 120 valence electrons. The first kappa shape index (κ1) is 15.9. The van der Waals surface area contributed by atoms with Gasteiger partial charge < -0.3 is 15.5 Å². The molecule has 1 saturated heterocycles. The monoisotopic (exact) mass is 350 g/mol. The summed E-state index contributed by atoms with van der Waals surface area (Å²) in [5.74, 6) is 0.694. The lowest BCUT2D eigenvalue weighted by Crippen LogP contribution is -2.49. The van der Waals surface area contributed by atoms with Crippen molar-refractivity contribution in [1.29, 1.82) is 0 Å². The Bertz CT molecular complexity index is 730. The van der Waals surface area contributed by atoms with Gasteiger partial charge in [0.15, 0.2) is 0 Å². The van der Waals surface area contributed by atoms with Gasteiger partial charge in [-0.2, -0.15) is 0 Å². The van der Waals surface area contributed by atoms with Gasteiger partial charge in [-0.3, -0.25) is 4.79 Å². The average molecular weight is 351 g/mol. The molecule has 23 heavy (non-hydrogen) atoms. The first-order valence-corrected chi connectivity index (χ1v) is 8.01. The molecule has 1 aliphatic rings. The fourth-order valence-electron chi connectivity index (χ4n) is 2.62. The third-order valence-corrected chi connectivity index (χ3v) is 4.27. The lowest BCUT2D eigenvalue weighted by atomic mass is 10.1. The predicted molar refractivity (Wildman–Crippen MR) is 93.2 cm³/mol. The van der Waals surface area contributed by atoms with E-state index in [9.17, 15) is 4.79 Å². The number of benzene rings is 1. The van der Waals surface area contributed by atoms with Gasteiger partial charge in [0.1, 0.15) is 5.82 Å². The molecular weight excluding hydrogens is 335 g/mol. The zero-order chi connectivity index (χ0) is 16.4. The molecule has 1 aromatic carbocycles. The molecular formula is C16H16Cl2N4O. The van der Waals surface area contributed by atoms with Crippen LogP contribution in [0.3, 0.4) is 0 Å². The molecule has 0 unspecified atom stereocenters. The highest BCUT2D eigenvalue weighted by Crippen LogP contribution is 2.27. The zero-order valence-corrected chi connectivity index (χ0v) is 13.9. The molecule has 0 aliphatic carbocycles. The summed E-state index contributed by atoms with van der Waals surface area (Å²) in [6.45, 7) is 2.55.